The van der Waals surface area contributed by atoms with Crippen LogP contribution in [0, 0.1) is 0 Å². The van der Waals surface area contributed by atoms with E-state index in [1.165, 1.54) is 6.33 Å². The average molecular weight is 441 g/mol. The first-order valence-electron chi connectivity index (χ1n) is 8.95. The Kier molecular flexibility index (Phi) is 5.69. The fraction of sp³-hybridized carbons (Fsp3) is 0.0476. The second-order valence-electron chi connectivity index (χ2n) is 6.42. The second-order valence-corrected chi connectivity index (χ2v) is 8.58. The molecule has 1 N–H and O–H groups in total. The van der Waals surface area contributed by atoms with Crippen LogP contribution in [0.1, 0.15) is 5.56 Å². The average Bonchev–Trinajstić information content (AvgIpc) is 3.24. The largest absolute Gasteiger partial charge is 0.439 e. The summed E-state index contributed by atoms with van der Waals surface area (Å²) >= 11 is 5.92. The van der Waals surface area contributed by atoms with Crippen molar-refractivity contribution in [3.8, 4) is 17.4 Å². The summed E-state index contributed by atoms with van der Waals surface area (Å²) in [7, 11) is -3.58. The van der Waals surface area contributed by atoms with E-state index in [9.17, 15) is 8.42 Å². The lowest BCUT2D eigenvalue weighted by molar-refractivity contribution is 0.461. The Labute approximate surface area is 179 Å². The zero-order valence-corrected chi connectivity index (χ0v) is 17.2. The number of ether oxygens (including phenoxy) is 1. The van der Waals surface area contributed by atoms with Gasteiger partial charge >= 0.3 is 0 Å². The fourth-order valence-electron chi connectivity index (χ4n) is 2.79. The Morgan fingerprint density at radius 1 is 0.967 bits per heavy atom. The van der Waals surface area contributed by atoms with Crippen molar-refractivity contribution < 1.29 is 13.2 Å². The van der Waals surface area contributed by atoms with Crippen LogP contribution in [0.2, 0.25) is 5.02 Å². The summed E-state index contributed by atoms with van der Waals surface area (Å²) in [6, 6.07) is 18.8. The van der Waals surface area contributed by atoms with Gasteiger partial charge in [-0.15, -0.1) is 0 Å². The number of hydrogen-bond acceptors (Lipinski definition) is 5. The zero-order valence-electron chi connectivity index (χ0n) is 15.6. The van der Waals surface area contributed by atoms with E-state index in [1.807, 2.05) is 29.1 Å². The van der Waals surface area contributed by atoms with Crippen LogP contribution < -0.4 is 9.46 Å². The van der Waals surface area contributed by atoms with Crippen LogP contribution in [0.3, 0.4) is 0 Å². The Morgan fingerprint density at radius 2 is 1.73 bits per heavy atom. The van der Waals surface area contributed by atoms with Crippen molar-refractivity contribution in [2.24, 2.45) is 0 Å². The number of aromatic nitrogens is 3. The smallest absolute Gasteiger partial charge is 0.236 e. The lowest BCUT2D eigenvalue weighted by Crippen LogP contribution is -2.15. The summed E-state index contributed by atoms with van der Waals surface area (Å²) in [5.41, 5.74) is 1.04. The molecule has 0 amide bonds. The molecule has 0 aliphatic heterocycles. The van der Waals surface area contributed by atoms with Crippen LogP contribution in [0.25, 0.3) is 5.82 Å². The summed E-state index contributed by atoms with van der Waals surface area (Å²) in [4.78, 5) is 8.32. The highest BCUT2D eigenvalue weighted by atomic mass is 35.5. The first-order valence-corrected chi connectivity index (χ1v) is 11.0. The number of nitrogens with zero attached hydrogens (tertiary/aromatic N) is 3. The van der Waals surface area contributed by atoms with Crippen molar-refractivity contribution in [1.29, 1.82) is 0 Å². The predicted octanol–water partition coefficient (Wildman–Crippen LogP) is 4.65. The first kappa shape index (κ1) is 19.9. The molecule has 2 aromatic heterocycles. The molecule has 0 aliphatic rings. The van der Waals surface area contributed by atoms with E-state index in [0.29, 0.717) is 33.7 Å². The fourth-order valence-corrected chi connectivity index (χ4v) is 4.19. The van der Waals surface area contributed by atoms with Crippen LogP contribution in [0.4, 0.5) is 5.69 Å². The molecule has 152 valence electrons. The molecule has 0 fully saturated rings. The van der Waals surface area contributed by atoms with Crippen LogP contribution in [-0.2, 0) is 15.8 Å². The van der Waals surface area contributed by atoms with Crippen LogP contribution in [-0.4, -0.2) is 23.0 Å². The van der Waals surface area contributed by atoms with Gasteiger partial charge < -0.3 is 9.30 Å². The van der Waals surface area contributed by atoms with Gasteiger partial charge in [0.25, 0.3) is 0 Å². The van der Waals surface area contributed by atoms with Crippen molar-refractivity contribution >= 4 is 27.3 Å². The zero-order chi connectivity index (χ0) is 21.0. The third-order valence-electron chi connectivity index (χ3n) is 4.09. The van der Waals surface area contributed by atoms with Crippen molar-refractivity contribution in [2.75, 3.05) is 4.72 Å². The number of anilines is 1. The molecule has 0 bridgehead atoms. The van der Waals surface area contributed by atoms with E-state index < -0.39 is 10.0 Å². The minimum atomic E-state index is -3.58. The third kappa shape index (κ3) is 5.16. The SMILES string of the molecule is O=S(=O)(Cc1cccc(Cl)c1)Nc1ccc(Oc2cc(-n3cccc3)ncn2)cc1. The number of rotatable bonds is 7. The molecule has 2 aromatic carbocycles. The molecule has 7 nitrogen and oxygen atoms in total. The number of halogens is 1. The quantitative estimate of drug-likeness (QED) is 0.452. The van der Waals surface area contributed by atoms with Gasteiger partial charge in [0, 0.05) is 29.2 Å². The Morgan fingerprint density at radius 3 is 2.47 bits per heavy atom. The number of benzene rings is 2. The molecule has 0 aliphatic carbocycles. The van der Waals surface area contributed by atoms with Crippen molar-refractivity contribution in [3.05, 3.63) is 96.0 Å². The van der Waals surface area contributed by atoms with E-state index in [0.717, 1.165) is 0 Å². The topological polar surface area (TPSA) is 86.1 Å². The molecule has 9 heteroatoms. The van der Waals surface area contributed by atoms with Crippen molar-refractivity contribution in [3.63, 3.8) is 0 Å². The van der Waals surface area contributed by atoms with Crippen molar-refractivity contribution in [2.45, 2.75) is 5.75 Å². The normalized spacial score (nSPS) is 11.2. The number of sulfonamides is 1. The van der Waals surface area contributed by atoms with E-state index in [1.54, 1.807) is 54.6 Å². The van der Waals surface area contributed by atoms with E-state index >= 15 is 0 Å². The summed E-state index contributed by atoms with van der Waals surface area (Å²) in [6.45, 7) is 0. The molecule has 0 atom stereocenters. The van der Waals surface area contributed by atoms with Gasteiger partial charge in [-0.3, -0.25) is 4.72 Å². The molecule has 4 rings (SSSR count). The van der Waals surface area contributed by atoms with Crippen LogP contribution in [0.15, 0.2) is 85.5 Å². The van der Waals surface area contributed by atoms with Gasteiger partial charge in [-0.05, 0) is 54.1 Å². The van der Waals surface area contributed by atoms with E-state index in [2.05, 4.69) is 14.7 Å². The third-order valence-corrected chi connectivity index (χ3v) is 5.59. The van der Waals surface area contributed by atoms with E-state index in [4.69, 9.17) is 16.3 Å². The van der Waals surface area contributed by atoms with Gasteiger partial charge in [0.1, 0.15) is 17.9 Å². The molecule has 4 aromatic rings. The van der Waals surface area contributed by atoms with Gasteiger partial charge in [-0.25, -0.2) is 18.4 Å². The van der Waals surface area contributed by atoms with Gasteiger partial charge in [-0.1, -0.05) is 23.7 Å². The molecule has 0 saturated heterocycles. The molecule has 2 heterocycles. The summed E-state index contributed by atoms with van der Waals surface area (Å²) in [6.07, 6.45) is 5.16. The Bertz CT molecular complexity index is 1240. The highest BCUT2D eigenvalue weighted by Crippen LogP contribution is 2.23. The molecule has 0 unspecified atom stereocenters. The number of nitrogens with one attached hydrogen (secondary N) is 1. The highest BCUT2D eigenvalue weighted by Gasteiger charge is 2.12. The highest BCUT2D eigenvalue weighted by molar-refractivity contribution is 7.91. The molecular formula is C21H17ClN4O3S. The van der Waals surface area contributed by atoms with Gasteiger partial charge in [0.15, 0.2) is 0 Å². The molecule has 30 heavy (non-hydrogen) atoms. The summed E-state index contributed by atoms with van der Waals surface area (Å²) in [5, 5.41) is 0.494. The minimum absolute atomic E-state index is 0.172. The van der Waals surface area contributed by atoms with Crippen molar-refractivity contribution in [1.82, 2.24) is 14.5 Å². The van der Waals surface area contributed by atoms with Crippen LogP contribution in [0.5, 0.6) is 11.6 Å². The Balaban J connectivity index is 1.42. The van der Waals surface area contributed by atoms with Gasteiger partial charge in [0.05, 0.1) is 5.75 Å². The molecule has 0 spiro atoms. The predicted molar refractivity (Wildman–Crippen MR) is 116 cm³/mol. The van der Waals surface area contributed by atoms with Gasteiger partial charge in [-0.2, -0.15) is 0 Å². The lowest BCUT2D eigenvalue weighted by atomic mass is 10.2. The number of hydrogen-bond donors (Lipinski definition) is 1. The summed E-state index contributed by atoms with van der Waals surface area (Å²) in [5.74, 6) is 1.40. The monoisotopic (exact) mass is 440 g/mol. The first-order chi connectivity index (χ1) is 14.5. The Hall–Kier alpha value is -3.36. The molecule has 0 saturated carbocycles. The maximum absolute atomic E-state index is 12.4. The van der Waals surface area contributed by atoms with E-state index in [-0.39, 0.29) is 5.75 Å². The molecule has 0 radical (unpaired) electrons. The van der Waals surface area contributed by atoms with Crippen LogP contribution >= 0.6 is 11.6 Å². The second kappa shape index (κ2) is 8.56. The maximum atomic E-state index is 12.4. The minimum Gasteiger partial charge on any atom is -0.439 e. The maximum Gasteiger partial charge on any atom is 0.236 e. The summed E-state index contributed by atoms with van der Waals surface area (Å²) < 4.78 is 34.9. The lowest BCUT2D eigenvalue weighted by Gasteiger charge is -2.10. The standard InChI is InChI=1S/C21H17ClN4O3S/c22-17-5-3-4-16(12-17)14-30(27,28)25-18-6-8-19(9-7-18)29-21-13-20(23-15-24-21)26-10-1-2-11-26/h1-13,15,25H,14H2. The molecular weight excluding hydrogens is 424 g/mol. The van der Waals surface area contributed by atoms with Gasteiger partial charge in [0.2, 0.25) is 15.9 Å².